The summed E-state index contributed by atoms with van der Waals surface area (Å²) in [5.74, 6) is 0.921. The van der Waals surface area contributed by atoms with Crippen molar-refractivity contribution in [1.82, 2.24) is 9.55 Å². The van der Waals surface area contributed by atoms with E-state index in [9.17, 15) is 4.79 Å². The molecule has 0 aliphatic rings. The monoisotopic (exact) mass is 436 g/mol. The van der Waals surface area contributed by atoms with Crippen LogP contribution in [-0.2, 0) is 0 Å². The van der Waals surface area contributed by atoms with Gasteiger partial charge in [0.25, 0.3) is 5.56 Å². The van der Waals surface area contributed by atoms with Crippen molar-refractivity contribution in [2.75, 3.05) is 5.75 Å². The lowest BCUT2D eigenvalue weighted by molar-refractivity contribution is 0.772. The SMILES string of the molecule is CCCCCSc1nc2cc(Br)ccc2c(=O)n1-c1ccccc1Cl. The molecule has 2 aromatic carbocycles. The highest BCUT2D eigenvalue weighted by Gasteiger charge is 2.15. The summed E-state index contributed by atoms with van der Waals surface area (Å²) in [5.41, 5.74) is 1.27. The topological polar surface area (TPSA) is 34.9 Å². The van der Waals surface area contributed by atoms with Gasteiger partial charge in [-0.05, 0) is 36.8 Å². The van der Waals surface area contributed by atoms with Crippen molar-refractivity contribution in [2.24, 2.45) is 0 Å². The standard InChI is InChI=1S/C19H18BrClN2OS/c1-2-3-6-11-25-19-22-16-12-13(20)9-10-14(16)18(24)23(19)17-8-5-4-7-15(17)21/h4-5,7-10,12H,2-3,6,11H2,1H3. The fourth-order valence-electron chi connectivity index (χ4n) is 2.60. The summed E-state index contributed by atoms with van der Waals surface area (Å²) in [6.45, 7) is 2.18. The van der Waals surface area contributed by atoms with Crippen LogP contribution in [0, 0.1) is 0 Å². The molecule has 1 heterocycles. The molecule has 0 bridgehead atoms. The molecule has 1 aromatic heterocycles. The fraction of sp³-hybridized carbons (Fsp3) is 0.263. The van der Waals surface area contributed by atoms with Crippen LogP contribution in [0.3, 0.4) is 0 Å². The first-order valence-corrected chi connectivity index (χ1v) is 10.4. The Bertz CT molecular complexity index is 958. The number of unbranched alkanes of at least 4 members (excludes halogenated alkanes) is 2. The number of rotatable bonds is 6. The van der Waals surface area contributed by atoms with E-state index in [1.807, 2.05) is 30.3 Å². The lowest BCUT2D eigenvalue weighted by atomic mass is 10.2. The molecule has 0 radical (unpaired) electrons. The number of fused-ring (bicyclic) bond motifs is 1. The van der Waals surface area contributed by atoms with Crippen LogP contribution in [0.4, 0.5) is 0 Å². The Morgan fingerprint density at radius 2 is 2.00 bits per heavy atom. The van der Waals surface area contributed by atoms with Gasteiger partial charge in [-0.3, -0.25) is 9.36 Å². The van der Waals surface area contributed by atoms with Gasteiger partial charge >= 0.3 is 0 Å². The predicted octanol–water partition coefficient (Wildman–Crippen LogP) is 6.08. The van der Waals surface area contributed by atoms with Crippen LogP contribution in [0.1, 0.15) is 26.2 Å². The molecule has 3 nitrogen and oxygen atoms in total. The van der Waals surface area contributed by atoms with Crippen molar-refractivity contribution in [2.45, 2.75) is 31.3 Å². The summed E-state index contributed by atoms with van der Waals surface area (Å²) in [4.78, 5) is 17.9. The van der Waals surface area contributed by atoms with E-state index in [-0.39, 0.29) is 5.56 Å². The van der Waals surface area contributed by atoms with Gasteiger partial charge in [-0.15, -0.1) is 0 Å². The number of para-hydroxylation sites is 1. The van der Waals surface area contributed by atoms with Gasteiger partial charge < -0.3 is 0 Å². The predicted molar refractivity (Wildman–Crippen MR) is 110 cm³/mol. The molecule has 0 amide bonds. The number of hydrogen-bond donors (Lipinski definition) is 0. The van der Waals surface area contributed by atoms with Crippen molar-refractivity contribution in [3.63, 3.8) is 0 Å². The van der Waals surface area contributed by atoms with E-state index in [1.165, 1.54) is 6.42 Å². The average Bonchev–Trinajstić information content (AvgIpc) is 2.60. The summed E-state index contributed by atoms with van der Waals surface area (Å²) < 4.78 is 2.54. The molecular formula is C19H18BrClN2OS. The molecule has 25 heavy (non-hydrogen) atoms. The van der Waals surface area contributed by atoms with Crippen molar-refractivity contribution in [3.8, 4) is 5.69 Å². The van der Waals surface area contributed by atoms with Gasteiger partial charge in [-0.25, -0.2) is 4.98 Å². The Labute approximate surface area is 164 Å². The molecule has 3 rings (SSSR count). The maximum absolute atomic E-state index is 13.1. The highest BCUT2D eigenvalue weighted by molar-refractivity contribution is 9.10. The quantitative estimate of drug-likeness (QED) is 0.266. The van der Waals surface area contributed by atoms with Crippen LogP contribution >= 0.6 is 39.3 Å². The Morgan fingerprint density at radius 1 is 1.20 bits per heavy atom. The van der Waals surface area contributed by atoms with Gasteiger partial charge in [0.1, 0.15) is 0 Å². The molecule has 0 aliphatic heterocycles. The average molecular weight is 438 g/mol. The third kappa shape index (κ3) is 4.10. The molecule has 0 fully saturated rings. The zero-order valence-corrected chi connectivity index (χ0v) is 17.0. The zero-order valence-electron chi connectivity index (χ0n) is 13.8. The lowest BCUT2D eigenvalue weighted by Gasteiger charge is -2.14. The van der Waals surface area contributed by atoms with Crippen LogP contribution in [0.5, 0.6) is 0 Å². The summed E-state index contributed by atoms with van der Waals surface area (Å²) in [5, 5.41) is 1.80. The molecule has 3 aromatic rings. The minimum atomic E-state index is -0.0939. The zero-order chi connectivity index (χ0) is 17.8. The van der Waals surface area contributed by atoms with Gasteiger partial charge in [0, 0.05) is 10.2 Å². The summed E-state index contributed by atoms with van der Waals surface area (Å²) in [7, 11) is 0. The number of aromatic nitrogens is 2. The van der Waals surface area contributed by atoms with Crippen molar-refractivity contribution >= 4 is 50.2 Å². The smallest absolute Gasteiger partial charge is 0.266 e. The third-order valence-corrected chi connectivity index (χ3v) is 5.71. The second-order valence-corrected chi connectivity index (χ2v) is 8.09. The second-order valence-electron chi connectivity index (χ2n) is 5.70. The largest absolute Gasteiger partial charge is 0.268 e. The van der Waals surface area contributed by atoms with Gasteiger partial charge in [-0.1, -0.05) is 71.2 Å². The number of halogens is 2. The molecule has 0 spiro atoms. The van der Waals surface area contributed by atoms with Crippen molar-refractivity contribution < 1.29 is 0 Å². The highest BCUT2D eigenvalue weighted by Crippen LogP contribution is 2.27. The molecule has 0 saturated heterocycles. The van der Waals surface area contributed by atoms with Gasteiger partial charge in [0.05, 0.1) is 21.6 Å². The fourth-order valence-corrected chi connectivity index (χ4v) is 4.17. The van der Waals surface area contributed by atoms with Crippen LogP contribution in [-0.4, -0.2) is 15.3 Å². The maximum Gasteiger partial charge on any atom is 0.266 e. The lowest BCUT2D eigenvalue weighted by Crippen LogP contribution is -2.22. The van der Waals surface area contributed by atoms with Gasteiger partial charge in [0.15, 0.2) is 5.16 Å². The van der Waals surface area contributed by atoms with E-state index in [0.29, 0.717) is 26.8 Å². The van der Waals surface area contributed by atoms with E-state index in [2.05, 4.69) is 22.9 Å². The van der Waals surface area contributed by atoms with E-state index < -0.39 is 0 Å². The first-order chi connectivity index (χ1) is 12.1. The normalized spacial score (nSPS) is 11.2. The molecule has 0 N–H and O–H groups in total. The van der Waals surface area contributed by atoms with E-state index in [1.54, 1.807) is 28.5 Å². The molecule has 6 heteroatoms. The first-order valence-electron chi connectivity index (χ1n) is 8.22. The number of thioether (sulfide) groups is 1. The Kier molecular flexibility index (Phi) is 6.20. The van der Waals surface area contributed by atoms with Crippen LogP contribution in [0.2, 0.25) is 5.02 Å². The first kappa shape index (κ1) is 18.5. The Balaban J connectivity index is 2.17. The van der Waals surface area contributed by atoms with E-state index in [0.717, 1.165) is 23.1 Å². The maximum atomic E-state index is 13.1. The summed E-state index contributed by atoms with van der Waals surface area (Å²) in [6.07, 6.45) is 3.43. The second kappa shape index (κ2) is 8.39. The molecule has 0 aliphatic carbocycles. The van der Waals surface area contributed by atoms with Crippen molar-refractivity contribution in [1.29, 1.82) is 0 Å². The van der Waals surface area contributed by atoms with Gasteiger partial charge in [-0.2, -0.15) is 0 Å². The minimum Gasteiger partial charge on any atom is -0.268 e. The molecule has 0 unspecified atom stereocenters. The molecule has 130 valence electrons. The highest BCUT2D eigenvalue weighted by atomic mass is 79.9. The van der Waals surface area contributed by atoms with Crippen LogP contribution < -0.4 is 5.56 Å². The number of benzene rings is 2. The summed E-state index contributed by atoms with van der Waals surface area (Å²) in [6, 6.07) is 12.9. The van der Waals surface area contributed by atoms with E-state index >= 15 is 0 Å². The van der Waals surface area contributed by atoms with Gasteiger partial charge in [0.2, 0.25) is 0 Å². The molecule has 0 saturated carbocycles. The number of nitrogens with zero attached hydrogens (tertiary/aromatic N) is 2. The minimum absolute atomic E-state index is 0.0939. The Hall–Kier alpha value is -1.30. The van der Waals surface area contributed by atoms with Crippen molar-refractivity contribution in [3.05, 3.63) is 62.3 Å². The third-order valence-electron chi connectivity index (χ3n) is 3.87. The number of hydrogen-bond acceptors (Lipinski definition) is 3. The molecular weight excluding hydrogens is 420 g/mol. The molecule has 0 atom stereocenters. The van der Waals surface area contributed by atoms with E-state index in [4.69, 9.17) is 16.6 Å². The van der Waals surface area contributed by atoms with Crippen LogP contribution in [0.15, 0.2) is 56.9 Å². The van der Waals surface area contributed by atoms with Crippen LogP contribution in [0.25, 0.3) is 16.6 Å². The Morgan fingerprint density at radius 3 is 2.76 bits per heavy atom. The summed E-state index contributed by atoms with van der Waals surface area (Å²) >= 11 is 11.4.